The number of hydrogen-bond acceptors (Lipinski definition) is 8. The smallest absolute Gasteiger partial charge is 0.407 e. The minimum atomic E-state index is -0.492. The van der Waals surface area contributed by atoms with Crippen LogP contribution in [-0.4, -0.2) is 35.2 Å². The van der Waals surface area contributed by atoms with Crippen LogP contribution in [0, 0.1) is 11.8 Å². The van der Waals surface area contributed by atoms with E-state index >= 15 is 0 Å². The largest absolute Gasteiger partial charge is 0.444 e. The summed E-state index contributed by atoms with van der Waals surface area (Å²) < 4.78 is 10.3. The number of ether oxygens (including phenoxy) is 2. The number of carbonyl (C=O) groups is 4. The van der Waals surface area contributed by atoms with Crippen LogP contribution in [0.2, 0.25) is 0 Å². The van der Waals surface area contributed by atoms with Crippen molar-refractivity contribution in [2.24, 2.45) is 23.3 Å². The molecule has 0 atom stereocenters. The van der Waals surface area contributed by atoms with E-state index < -0.39 is 23.4 Å². The molecule has 2 saturated carbocycles. The average Bonchev–Trinajstić information content (AvgIpc) is 4.05. The molecule has 0 radical (unpaired) electrons. The molecule has 0 aromatic heterocycles. The van der Waals surface area contributed by atoms with Gasteiger partial charge in [0.25, 0.3) is 0 Å². The van der Waals surface area contributed by atoms with Crippen LogP contribution in [0.4, 0.5) is 9.59 Å². The van der Waals surface area contributed by atoms with Gasteiger partial charge in [-0.25, -0.2) is 9.59 Å². The van der Waals surface area contributed by atoms with Crippen LogP contribution in [0.1, 0.15) is 101 Å². The normalized spacial score (nSPS) is 13.5. The minimum Gasteiger partial charge on any atom is -0.444 e. The molecule has 54 heavy (non-hydrogen) atoms. The Kier molecular flexibility index (Phi) is 17.0. The predicted molar refractivity (Wildman–Crippen MR) is 210 cm³/mol. The molecule has 294 valence electrons. The second-order valence-corrected chi connectivity index (χ2v) is 15.6. The Bertz CT molecular complexity index is 1620. The fourth-order valence-corrected chi connectivity index (χ4v) is 4.70. The molecule has 2 aliphatic rings. The van der Waals surface area contributed by atoms with Crippen LogP contribution in [0.5, 0.6) is 0 Å². The SMILES string of the molecule is CC(C)(C)OC(=O)NCc1ccc(CN)cc1.CC(C)(C)OC(=O)NCc1ccc(CNC(=O)C2CC2)cc1.NCc1ccc(CNC(=O)C2CC2)cc1. The van der Waals surface area contributed by atoms with Gasteiger partial charge in [0, 0.05) is 51.1 Å². The van der Waals surface area contributed by atoms with Crippen molar-refractivity contribution < 1.29 is 28.7 Å². The fourth-order valence-electron chi connectivity index (χ4n) is 4.70. The second-order valence-electron chi connectivity index (χ2n) is 15.6. The van der Waals surface area contributed by atoms with Crippen molar-refractivity contribution >= 4 is 24.0 Å². The molecule has 12 heteroatoms. The van der Waals surface area contributed by atoms with Gasteiger partial charge >= 0.3 is 12.2 Å². The molecule has 12 nitrogen and oxygen atoms in total. The molecule has 4 amide bonds. The summed E-state index contributed by atoms with van der Waals surface area (Å²) in [5.74, 6) is 0.860. The Morgan fingerprint density at radius 3 is 0.944 bits per heavy atom. The van der Waals surface area contributed by atoms with E-state index in [9.17, 15) is 19.2 Å². The van der Waals surface area contributed by atoms with Gasteiger partial charge in [0.2, 0.25) is 11.8 Å². The molecule has 0 heterocycles. The molecule has 8 N–H and O–H groups in total. The maximum Gasteiger partial charge on any atom is 0.407 e. The first-order valence-electron chi connectivity index (χ1n) is 18.7. The zero-order chi connectivity index (χ0) is 39.7. The second kappa shape index (κ2) is 21.1. The fraction of sp³-hybridized carbons (Fsp3) is 0.476. The van der Waals surface area contributed by atoms with Crippen LogP contribution >= 0.6 is 0 Å². The number of amides is 4. The summed E-state index contributed by atoms with van der Waals surface area (Å²) in [5.41, 5.74) is 16.4. The Balaban J connectivity index is 0.000000222. The van der Waals surface area contributed by atoms with Gasteiger partial charge < -0.3 is 42.2 Å². The third kappa shape index (κ3) is 18.7. The topological polar surface area (TPSA) is 187 Å². The van der Waals surface area contributed by atoms with Gasteiger partial charge in [-0.3, -0.25) is 9.59 Å². The van der Waals surface area contributed by atoms with E-state index in [1.807, 2.05) is 114 Å². The lowest BCUT2D eigenvalue weighted by Crippen LogP contribution is -2.32. The van der Waals surface area contributed by atoms with E-state index in [4.69, 9.17) is 20.9 Å². The molecule has 0 saturated heterocycles. The van der Waals surface area contributed by atoms with E-state index in [2.05, 4.69) is 21.3 Å². The van der Waals surface area contributed by atoms with E-state index in [1.165, 1.54) is 0 Å². The first-order chi connectivity index (χ1) is 25.5. The maximum absolute atomic E-state index is 11.6. The number of rotatable bonds is 12. The number of alkyl carbamates (subject to hydrolysis) is 2. The Labute approximate surface area is 320 Å². The van der Waals surface area contributed by atoms with Crippen LogP contribution in [-0.2, 0) is 58.3 Å². The minimum absolute atomic E-state index is 0.149. The Hall–Kier alpha value is -4.94. The molecule has 2 fully saturated rings. The molecule has 3 aromatic carbocycles. The van der Waals surface area contributed by atoms with Crippen molar-refractivity contribution in [1.29, 1.82) is 0 Å². The van der Waals surface area contributed by atoms with Gasteiger partial charge in [-0.1, -0.05) is 72.8 Å². The first kappa shape index (κ1) is 43.5. The lowest BCUT2D eigenvalue weighted by Gasteiger charge is -2.19. The maximum atomic E-state index is 11.6. The third-order valence-corrected chi connectivity index (χ3v) is 8.04. The van der Waals surface area contributed by atoms with Crippen molar-refractivity contribution in [3.63, 3.8) is 0 Å². The van der Waals surface area contributed by atoms with Crippen molar-refractivity contribution in [2.45, 2.75) is 118 Å². The Morgan fingerprint density at radius 2 is 0.722 bits per heavy atom. The van der Waals surface area contributed by atoms with Gasteiger partial charge in [0.1, 0.15) is 11.2 Å². The van der Waals surface area contributed by atoms with Gasteiger partial charge in [0.15, 0.2) is 0 Å². The standard InChI is InChI=1S/C17H24N2O3.C13H20N2O2.C12H16N2O/c1-17(2,3)22-16(21)19-11-13-6-4-12(5-7-13)10-18-15(20)14-8-9-14;1-13(2,3)17-12(16)15-9-11-6-4-10(8-14)5-7-11;13-7-9-1-3-10(4-2-9)8-14-12(15)11-5-6-11/h4-7,14H,8-11H2,1-3H3,(H,18,20)(H,19,21);4-7H,8-9,14H2,1-3H3,(H,15,16);1-4,11H,5-8,13H2,(H,14,15). The summed E-state index contributed by atoms with van der Waals surface area (Å²) in [5, 5.41) is 11.3. The molecule has 0 bridgehead atoms. The van der Waals surface area contributed by atoms with Gasteiger partial charge in [0.05, 0.1) is 0 Å². The van der Waals surface area contributed by atoms with E-state index in [1.54, 1.807) is 0 Å². The number of nitrogens with one attached hydrogen (secondary N) is 4. The highest BCUT2D eigenvalue weighted by atomic mass is 16.6. The number of hydrogen-bond donors (Lipinski definition) is 6. The molecule has 3 aromatic rings. The van der Waals surface area contributed by atoms with Crippen LogP contribution in [0.3, 0.4) is 0 Å². The lowest BCUT2D eigenvalue weighted by molar-refractivity contribution is -0.123. The number of nitrogens with two attached hydrogens (primary N) is 2. The van der Waals surface area contributed by atoms with Crippen LogP contribution < -0.4 is 32.7 Å². The van der Waals surface area contributed by atoms with Crippen molar-refractivity contribution in [1.82, 2.24) is 21.3 Å². The molecule has 2 aliphatic carbocycles. The highest BCUT2D eigenvalue weighted by Crippen LogP contribution is 2.29. The zero-order valence-corrected chi connectivity index (χ0v) is 32.8. The number of benzene rings is 3. The van der Waals surface area contributed by atoms with Gasteiger partial charge in [-0.05, 0) is 101 Å². The third-order valence-electron chi connectivity index (χ3n) is 8.04. The molecule has 5 rings (SSSR count). The predicted octanol–water partition coefficient (Wildman–Crippen LogP) is 6.08. The van der Waals surface area contributed by atoms with Gasteiger partial charge in [-0.2, -0.15) is 0 Å². The molecule has 0 unspecified atom stereocenters. The Morgan fingerprint density at radius 1 is 0.481 bits per heavy atom. The lowest BCUT2D eigenvalue weighted by atomic mass is 10.1. The average molecular weight is 745 g/mol. The van der Waals surface area contributed by atoms with Crippen molar-refractivity contribution in [3.8, 4) is 0 Å². The van der Waals surface area contributed by atoms with E-state index in [-0.39, 0.29) is 23.7 Å². The van der Waals surface area contributed by atoms with Gasteiger partial charge in [-0.15, -0.1) is 0 Å². The zero-order valence-electron chi connectivity index (χ0n) is 32.8. The van der Waals surface area contributed by atoms with Crippen LogP contribution in [0.25, 0.3) is 0 Å². The highest BCUT2D eigenvalue weighted by Gasteiger charge is 2.29. The quantitative estimate of drug-likeness (QED) is 0.129. The number of carbonyl (C=O) groups excluding carboxylic acids is 4. The van der Waals surface area contributed by atoms with Crippen molar-refractivity contribution in [3.05, 3.63) is 106 Å². The summed E-state index contributed by atoms with van der Waals surface area (Å²) in [7, 11) is 0. The first-order valence-corrected chi connectivity index (χ1v) is 18.7. The van der Waals surface area contributed by atoms with E-state index in [0.29, 0.717) is 39.3 Å². The summed E-state index contributed by atoms with van der Waals surface area (Å²) in [6.45, 7) is 14.1. The summed E-state index contributed by atoms with van der Waals surface area (Å²) in [6, 6.07) is 23.6. The van der Waals surface area contributed by atoms with Crippen molar-refractivity contribution in [2.75, 3.05) is 0 Å². The summed E-state index contributed by atoms with van der Waals surface area (Å²) in [6.07, 6.45) is 3.31. The van der Waals surface area contributed by atoms with E-state index in [0.717, 1.165) is 59.1 Å². The molecule has 0 spiro atoms. The highest BCUT2D eigenvalue weighted by molar-refractivity contribution is 5.81. The molecular formula is C42H60N6O6. The summed E-state index contributed by atoms with van der Waals surface area (Å²) in [4.78, 5) is 45.9. The van der Waals surface area contributed by atoms with Crippen LogP contribution in [0.15, 0.2) is 72.8 Å². The monoisotopic (exact) mass is 744 g/mol. The molecular weight excluding hydrogens is 684 g/mol. The summed E-state index contributed by atoms with van der Waals surface area (Å²) >= 11 is 0. The molecule has 0 aliphatic heterocycles.